The molecule has 158 valence electrons. The summed E-state index contributed by atoms with van der Waals surface area (Å²) in [7, 11) is 0. The number of pyridine rings is 1. The molecule has 7 heteroatoms. The van der Waals surface area contributed by atoms with Crippen LogP contribution in [0.5, 0.6) is 0 Å². The lowest BCUT2D eigenvalue weighted by molar-refractivity contribution is -0.117. The lowest BCUT2D eigenvalue weighted by atomic mass is 9.87. The van der Waals surface area contributed by atoms with Crippen LogP contribution in [0.1, 0.15) is 35.8 Å². The Bertz CT molecular complexity index is 1160. The van der Waals surface area contributed by atoms with Gasteiger partial charge in [-0.1, -0.05) is 25.1 Å². The lowest BCUT2D eigenvalue weighted by Gasteiger charge is -2.18. The van der Waals surface area contributed by atoms with Crippen molar-refractivity contribution in [3.63, 3.8) is 0 Å². The molecule has 3 N–H and O–H groups in total. The van der Waals surface area contributed by atoms with E-state index < -0.39 is 12.1 Å². The monoisotopic (exact) mass is 418 g/mol. The minimum atomic E-state index is -1.06. The standard InChI is InChI=1S/C24H23FN4O2/c1-13-9-18-21(19(30)10-13)23(27-15-5-3-2-4-6-15)22(28-18)14-7-8-26-20(11-14)29-24(31)16-12-17(16)25/h2-8,11,13,16-17,27-28H,9-10,12H2,1H3,(H,26,29,31)/t13?,16-,17+/m1/s1. The van der Waals surface area contributed by atoms with Crippen LogP contribution in [-0.2, 0) is 11.2 Å². The summed E-state index contributed by atoms with van der Waals surface area (Å²) >= 11 is 0. The first-order valence-electron chi connectivity index (χ1n) is 10.5. The van der Waals surface area contributed by atoms with Crippen molar-refractivity contribution in [2.75, 3.05) is 10.6 Å². The van der Waals surface area contributed by atoms with Gasteiger partial charge in [0.15, 0.2) is 5.78 Å². The molecule has 0 spiro atoms. The summed E-state index contributed by atoms with van der Waals surface area (Å²) in [5.74, 6) is -0.192. The third kappa shape index (κ3) is 3.83. The van der Waals surface area contributed by atoms with Crippen molar-refractivity contribution in [1.29, 1.82) is 0 Å². The van der Waals surface area contributed by atoms with E-state index in [1.807, 2.05) is 36.4 Å². The van der Waals surface area contributed by atoms with Crippen LogP contribution >= 0.6 is 0 Å². The molecule has 2 aromatic heterocycles. The Kier molecular flexibility index (Phi) is 4.81. The van der Waals surface area contributed by atoms with E-state index in [0.717, 1.165) is 34.7 Å². The number of hydrogen-bond donors (Lipinski definition) is 3. The van der Waals surface area contributed by atoms with Gasteiger partial charge in [-0.3, -0.25) is 9.59 Å². The molecule has 31 heavy (non-hydrogen) atoms. The van der Waals surface area contributed by atoms with Gasteiger partial charge >= 0.3 is 0 Å². The molecule has 0 radical (unpaired) electrons. The number of nitrogens with zero attached hydrogens (tertiary/aromatic N) is 1. The van der Waals surface area contributed by atoms with Crippen LogP contribution in [0.2, 0.25) is 0 Å². The Balaban J connectivity index is 1.54. The van der Waals surface area contributed by atoms with Gasteiger partial charge in [0.25, 0.3) is 0 Å². The predicted octanol–water partition coefficient (Wildman–Crippen LogP) is 4.88. The van der Waals surface area contributed by atoms with E-state index >= 15 is 0 Å². The molecule has 1 saturated carbocycles. The maximum Gasteiger partial charge on any atom is 0.231 e. The van der Waals surface area contributed by atoms with Gasteiger partial charge in [-0.2, -0.15) is 0 Å². The molecule has 1 fully saturated rings. The Morgan fingerprint density at radius 3 is 2.71 bits per heavy atom. The fourth-order valence-corrected chi connectivity index (χ4v) is 4.17. The first-order valence-corrected chi connectivity index (χ1v) is 10.5. The fourth-order valence-electron chi connectivity index (χ4n) is 4.17. The van der Waals surface area contributed by atoms with Gasteiger partial charge in [-0.25, -0.2) is 9.37 Å². The normalized spacial score (nSPS) is 22.0. The van der Waals surface area contributed by atoms with Gasteiger partial charge in [0, 0.05) is 29.6 Å². The second kappa shape index (κ2) is 7.65. The molecule has 1 unspecified atom stereocenters. The molecule has 2 aliphatic carbocycles. The smallest absolute Gasteiger partial charge is 0.231 e. The number of carbonyl (C=O) groups is 2. The quantitative estimate of drug-likeness (QED) is 0.551. The van der Waals surface area contributed by atoms with Gasteiger partial charge in [0.2, 0.25) is 5.91 Å². The summed E-state index contributed by atoms with van der Waals surface area (Å²) in [6, 6.07) is 13.3. The van der Waals surface area contributed by atoms with Crippen molar-refractivity contribution in [2.45, 2.75) is 32.4 Å². The largest absolute Gasteiger partial charge is 0.356 e. The van der Waals surface area contributed by atoms with E-state index in [-0.39, 0.29) is 24.0 Å². The molecule has 0 aliphatic heterocycles. The number of fused-ring (bicyclic) bond motifs is 1. The number of Topliss-reactive ketones (excluding diaryl/α,β-unsaturated/α-hetero) is 1. The molecular formula is C24H23FN4O2. The van der Waals surface area contributed by atoms with Crippen LogP contribution in [0.15, 0.2) is 48.7 Å². The number of aromatic amines is 1. The van der Waals surface area contributed by atoms with E-state index in [0.29, 0.717) is 17.8 Å². The Morgan fingerprint density at radius 2 is 1.97 bits per heavy atom. The van der Waals surface area contributed by atoms with Crippen LogP contribution in [0.25, 0.3) is 11.3 Å². The summed E-state index contributed by atoms with van der Waals surface area (Å²) in [6.07, 6.45) is 2.10. The fraction of sp³-hybridized carbons (Fsp3) is 0.292. The average Bonchev–Trinajstić information content (AvgIpc) is 3.38. The van der Waals surface area contributed by atoms with Crippen LogP contribution in [0, 0.1) is 11.8 Å². The molecule has 3 aromatic rings. The number of benzene rings is 1. The summed E-state index contributed by atoms with van der Waals surface area (Å²) < 4.78 is 13.2. The van der Waals surface area contributed by atoms with E-state index in [1.54, 1.807) is 12.3 Å². The van der Waals surface area contributed by atoms with Crippen molar-refractivity contribution in [1.82, 2.24) is 9.97 Å². The maximum atomic E-state index is 13.2. The third-order valence-electron chi connectivity index (χ3n) is 5.84. The van der Waals surface area contributed by atoms with E-state index in [1.165, 1.54) is 0 Å². The van der Waals surface area contributed by atoms with Gasteiger partial charge in [-0.05, 0) is 43.0 Å². The Hall–Kier alpha value is -3.48. The van der Waals surface area contributed by atoms with Crippen molar-refractivity contribution in [3.05, 3.63) is 59.9 Å². The zero-order valence-corrected chi connectivity index (χ0v) is 17.1. The Morgan fingerprint density at radius 1 is 1.19 bits per heavy atom. The highest BCUT2D eigenvalue weighted by molar-refractivity contribution is 6.07. The van der Waals surface area contributed by atoms with Gasteiger partial charge < -0.3 is 15.6 Å². The summed E-state index contributed by atoms with van der Waals surface area (Å²) in [4.78, 5) is 32.7. The number of halogens is 1. The minimum Gasteiger partial charge on any atom is -0.356 e. The molecule has 3 atom stereocenters. The molecular weight excluding hydrogens is 395 g/mol. The first-order chi connectivity index (χ1) is 15.0. The number of carbonyl (C=O) groups excluding carboxylic acids is 2. The molecule has 2 aliphatic rings. The number of amides is 1. The van der Waals surface area contributed by atoms with Gasteiger partial charge in [-0.15, -0.1) is 0 Å². The predicted molar refractivity (Wildman–Crippen MR) is 117 cm³/mol. The van der Waals surface area contributed by atoms with Crippen molar-refractivity contribution >= 4 is 28.9 Å². The van der Waals surface area contributed by atoms with Crippen molar-refractivity contribution in [2.24, 2.45) is 11.8 Å². The molecule has 0 saturated heterocycles. The average molecular weight is 418 g/mol. The van der Waals surface area contributed by atoms with E-state index in [9.17, 15) is 14.0 Å². The summed E-state index contributed by atoms with van der Waals surface area (Å²) in [5.41, 5.74) is 4.76. The number of ketones is 1. The first kappa shape index (κ1) is 19.5. The number of nitrogens with one attached hydrogen (secondary N) is 3. The number of para-hydroxylation sites is 1. The number of H-pyrrole nitrogens is 1. The number of aromatic nitrogens is 2. The van der Waals surface area contributed by atoms with Crippen LogP contribution in [0.3, 0.4) is 0 Å². The number of anilines is 3. The number of alkyl halides is 1. The van der Waals surface area contributed by atoms with Gasteiger partial charge in [0.1, 0.15) is 12.0 Å². The number of rotatable bonds is 5. The second-order valence-corrected chi connectivity index (χ2v) is 8.43. The van der Waals surface area contributed by atoms with Crippen LogP contribution < -0.4 is 10.6 Å². The summed E-state index contributed by atoms with van der Waals surface area (Å²) in [5, 5.41) is 6.11. The van der Waals surface area contributed by atoms with Crippen molar-refractivity contribution < 1.29 is 14.0 Å². The van der Waals surface area contributed by atoms with Crippen LogP contribution in [0.4, 0.5) is 21.6 Å². The zero-order chi connectivity index (χ0) is 21.5. The molecule has 5 rings (SSSR count). The van der Waals surface area contributed by atoms with E-state index in [2.05, 4.69) is 27.5 Å². The molecule has 6 nitrogen and oxygen atoms in total. The minimum absolute atomic E-state index is 0.111. The maximum absolute atomic E-state index is 13.2. The lowest BCUT2D eigenvalue weighted by Crippen LogP contribution is -2.17. The van der Waals surface area contributed by atoms with E-state index in [4.69, 9.17) is 0 Å². The highest BCUT2D eigenvalue weighted by Gasteiger charge is 2.43. The summed E-state index contributed by atoms with van der Waals surface area (Å²) in [6.45, 7) is 2.07. The topological polar surface area (TPSA) is 86.9 Å². The van der Waals surface area contributed by atoms with Gasteiger partial charge in [0.05, 0.1) is 22.9 Å². The SMILES string of the molecule is CC1CC(=O)c2c([nH]c(-c3ccnc(NC(=O)[C@@H]4C[C@@H]4F)c3)c2Nc2ccccc2)C1. The Labute approximate surface area is 179 Å². The van der Waals surface area contributed by atoms with Crippen molar-refractivity contribution in [3.8, 4) is 11.3 Å². The van der Waals surface area contributed by atoms with Crippen LogP contribution in [-0.4, -0.2) is 27.8 Å². The number of hydrogen-bond acceptors (Lipinski definition) is 4. The molecule has 1 aromatic carbocycles. The highest BCUT2D eigenvalue weighted by atomic mass is 19.1. The molecule has 2 heterocycles. The second-order valence-electron chi connectivity index (χ2n) is 8.43. The third-order valence-corrected chi connectivity index (χ3v) is 5.84. The zero-order valence-electron chi connectivity index (χ0n) is 17.1. The molecule has 1 amide bonds. The highest BCUT2D eigenvalue weighted by Crippen LogP contribution is 2.40. The molecule has 0 bridgehead atoms.